The highest BCUT2D eigenvalue weighted by atomic mass is 35.5. The maximum atomic E-state index is 12.3. The zero-order chi connectivity index (χ0) is 19.7. The van der Waals surface area contributed by atoms with Gasteiger partial charge in [0.1, 0.15) is 0 Å². The predicted molar refractivity (Wildman–Crippen MR) is 105 cm³/mol. The number of hydrogen-bond acceptors (Lipinski definition) is 5. The summed E-state index contributed by atoms with van der Waals surface area (Å²) in [5, 5.41) is 3.05. The molecule has 1 heterocycles. The number of sulfonamides is 1. The summed E-state index contributed by atoms with van der Waals surface area (Å²) in [5.41, 5.74) is 1.06. The van der Waals surface area contributed by atoms with Crippen molar-refractivity contribution in [2.24, 2.45) is 0 Å². The van der Waals surface area contributed by atoms with Gasteiger partial charge in [-0.3, -0.25) is 4.79 Å². The zero-order valence-corrected chi connectivity index (χ0v) is 16.2. The van der Waals surface area contributed by atoms with Gasteiger partial charge in [-0.2, -0.15) is 0 Å². The second-order valence-corrected chi connectivity index (χ2v) is 8.60. The molecule has 0 unspecified atom stereocenters. The van der Waals surface area contributed by atoms with Gasteiger partial charge in [0.2, 0.25) is 22.7 Å². The van der Waals surface area contributed by atoms with E-state index in [9.17, 15) is 13.2 Å². The maximum Gasteiger partial charge on any atom is 0.248 e. The molecule has 1 aliphatic carbocycles. The largest absolute Gasteiger partial charge is 0.454 e. The molecule has 0 aromatic heterocycles. The molecule has 4 rings (SSSR count). The SMILES string of the molecule is O=C(/C=C/c1cc(Cl)c2c(c1)OCO2)Nc1cccc(S(=O)(=O)NC2CC2)c1. The fraction of sp³-hybridized carbons (Fsp3) is 0.211. The molecule has 0 atom stereocenters. The molecule has 9 heteroatoms. The van der Waals surface area contributed by atoms with E-state index in [2.05, 4.69) is 10.0 Å². The van der Waals surface area contributed by atoms with Crippen molar-refractivity contribution in [3.8, 4) is 11.5 Å². The number of fused-ring (bicyclic) bond motifs is 1. The lowest BCUT2D eigenvalue weighted by atomic mass is 10.2. The number of rotatable bonds is 6. The Bertz CT molecular complexity index is 1060. The van der Waals surface area contributed by atoms with Crippen LogP contribution in [0.25, 0.3) is 6.08 Å². The second kappa shape index (κ2) is 7.46. The van der Waals surface area contributed by atoms with Crippen molar-refractivity contribution >= 4 is 39.3 Å². The van der Waals surface area contributed by atoms with E-state index in [1.54, 1.807) is 30.3 Å². The summed E-state index contributed by atoms with van der Waals surface area (Å²) < 4.78 is 37.7. The standard InChI is InChI=1S/C19H17ClN2O5S/c20-16-8-12(9-17-19(16)27-11-26-17)4-7-18(23)21-14-2-1-3-15(10-14)28(24,25)22-13-5-6-13/h1-4,7-10,13,22H,5-6,11H2,(H,21,23)/b7-4+. The number of carbonyl (C=O) groups excluding carboxylic acids is 1. The first-order valence-electron chi connectivity index (χ1n) is 8.61. The molecule has 1 amide bonds. The monoisotopic (exact) mass is 420 g/mol. The minimum absolute atomic E-state index is 0.0136. The summed E-state index contributed by atoms with van der Waals surface area (Å²) in [6, 6.07) is 9.51. The smallest absolute Gasteiger partial charge is 0.248 e. The lowest BCUT2D eigenvalue weighted by Crippen LogP contribution is -2.25. The third-order valence-electron chi connectivity index (χ3n) is 4.19. The quantitative estimate of drug-likeness (QED) is 0.700. The first kappa shape index (κ1) is 18.8. The topological polar surface area (TPSA) is 93.7 Å². The van der Waals surface area contributed by atoms with Gasteiger partial charge < -0.3 is 14.8 Å². The van der Waals surface area contributed by atoms with Crippen LogP contribution < -0.4 is 19.5 Å². The Morgan fingerprint density at radius 3 is 2.79 bits per heavy atom. The van der Waals surface area contributed by atoms with Gasteiger partial charge in [-0.05, 0) is 54.8 Å². The van der Waals surface area contributed by atoms with Crippen molar-refractivity contribution in [3.05, 3.63) is 53.1 Å². The van der Waals surface area contributed by atoms with Gasteiger partial charge in [-0.1, -0.05) is 17.7 Å². The van der Waals surface area contributed by atoms with Gasteiger partial charge in [0.05, 0.1) is 9.92 Å². The minimum Gasteiger partial charge on any atom is -0.454 e. The molecule has 2 aromatic carbocycles. The van der Waals surface area contributed by atoms with Crippen molar-refractivity contribution in [2.75, 3.05) is 12.1 Å². The number of hydrogen-bond donors (Lipinski definition) is 2. The summed E-state index contributed by atoms with van der Waals surface area (Å²) in [5.74, 6) is 0.605. The van der Waals surface area contributed by atoms with E-state index in [-0.39, 0.29) is 17.7 Å². The summed E-state index contributed by atoms with van der Waals surface area (Å²) >= 11 is 6.12. The first-order chi connectivity index (χ1) is 13.4. The van der Waals surface area contributed by atoms with Gasteiger partial charge in [-0.25, -0.2) is 13.1 Å². The maximum absolute atomic E-state index is 12.3. The lowest BCUT2D eigenvalue weighted by Gasteiger charge is -2.08. The summed E-state index contributed by atoms with van der Waals surface area (Å²) in [6.07, 6.45) is 4.62. The number of nitrogens with one attached hydrogen (secondary N) is 2. The van der Waals surface area contributed by atoms with E-state index in [0.717, 1.165) is 12.8 Å². The molecule has 2 aliphatic rings. The van der Waals surface area contributed by atoms with Crippen molar-refractivity contribution < 1.29 is 22.7 Å². The van der Waals surface area contributed by atoms with Gasteiger partial charge in [-0.15, -0.1) is 0 Å². The molecule has 146 valence electrons. The molecule has 0 bridgehead atoms. The first-order valence-corrected chi connectivity index (χ1v) is 10.5. The molecule has 1 aliphatic heterocycles. The number of halogens is 1. The van der Waals surface area contributed by atoms with Crippen LogP contribution in [0, 0.1) is 0 Å². The Morgan fingerprint density at radius 2 is 2.00 bits per heavy atom. The van der Waals surface area contributed by atoms with Crippen molar-refractivity contribution in [2.45, 2.75) is 23.8 Å². The Hall–Kier alpha value is -2.55. The Kier molecular flexibility index (Phi) is 5.01. The van der Waals surface area contributed by atoms with Crippen LogP contribution in [0.15, 0.2) is 47.4 Å². The fourth-order valence-electron chi connectivity index (χ4n) is 2.67. The predicted octanol–water partition coefficient (Wildman–Crippen LogP) is 3.16. The third kappa shape index (κ3) is 4.30. The third-order valence-corrected chi connectivity index (χ3v) is 5.99. The van der Waals surface area contributed by atoms with Crippen LogP contribution >= 0.6 is 11.6 Å². The molecule has 0 radical (unpaired) electrons. The average molecular weight is 421 g/mol. The molecule has 0 spiro atoms. The molecular weight excluding hydrogens is 404 g/mol. The average Bonchev–Trinajstić information content (AvgIpc) is 3.32. The number of anilines is 1. The molecule has 1 fully saturated rings. The van der Waals surface area contributed by atoms with Gasteiger partial charge >= 0.3 is 0 Å². The number of ether oxygens (including phenoxy) is 2. The molecule has 28 heavy (non-hydrogen) atoms. The summed E-state index contributed by atoms with van der Waals surface area (Å²) in [7, 11) is -3.58. The Labute approximate surface area is 167 Å². The zero-order valence-electron chi connectivity index (χ0n) is 14.6. The number of benzene rings is 2. The molecule has 2 N–H and O–H groups in total. The highest BCUT2D eigenvalue weighted by Gasteiger charge is 2.28. The highest BCUT2D eigenvalue weighted by Crippen LogP contribution is 2.40. The Balaban J connectivity index is 1.45. The fourth-order valence-corrected chi connectivity index (χ4v) is 4.29. The minimum atomic E-state index is -3.58. The molecule has 2 aromatic rings. The molecule has 1 saturated carbocycles. The van der Waals surface area contributed by atoms with E-state index >= 15 is 0 Å². The van der Waals surface area contributed by atoms with Crippen LogP contribution in [0.2, 0.25) is 5.02 Å². The van der Waals surface area contributed by atoms with Crippen LogP contribution in [0.4, 0.5) is 5.69 Å². The Morgan fingerprint density at radius 1 is 1.18 bits per heavy atom. The van der Waals surface area contributed by atoms with E-state index in [4.69, 9.17) is 21.1 Å². The summed E-state index contributed by atoms with van der Waals surface area (Å²) in [6.45, 7) is 0.109. The lowest BCUT2D eigenvalue weighted by molar-refractivity contribution is -0.111. The summed E-state index contributed by atoms with van der Waals surface area (Å²) in [4.78, 5) is 12.3. The van der Waals surface area contributed by atoms with Crippen LogP contribution in [-0.4, -0.2) is 27.2 Å². The van der Waals surface area contributed by atoms with E-state index in [0.29, 0.717) is 27.8 Å². The normalized spacial score (nSPS) is 15.8. The highest BCUT2D eigenvalue weighted by molar-refractivity contribution is 7.89. The van der Waals surface area contributed by atoms with Crippen molar-refractivity contribution in [1.29, 1.82) is 0 Å². The van der Waals surface area contributed by atoms with Gasteiger partial charge in [0.15, 0.2) is 11.5 Å². The van der Waals surface area contributed by atoms with E-state index in [1.807, 2.05) is 0 Å². The van der Waals surface area contributed by atoms with E-state index in [1.165, 1.54) is 18.2 Å². The van der Waals surface area contributed by atoms with E-state index < -0.39 is 15.9 Å². The van der Waals surface area contributed by atoms with Gasteiger partial charge in [0, 0.05) is 17.8 Å². The number of amides is 1. The second-order valence-electron chi connectivity index (χ2n) is 6.48. The molecule has 0 saturated heterocycles. The number of carbonyl (C=O) groups is 1. The van der Waals surface area contributed by atoms with Crippen molar-refractivity contribution in [3.63, 3.8) is 0 Å². The van der Waals surface area contributed by atoms with Crippen LogP contribution in [-0.2, 0) is 14.8 Å². The van der Waals surface area contributed by atoms with Crippen LogP contribution in [0.3, 0.4) is 0 Å². The molecule has 7 nitrogen and oxygen atoms in total. The molecular formula is C19H17ClN2O5S. The van der Waals surface area contributed by atoms with Crippen molar-refractivity contribution in [1.82, 2.24) is 4.72 Å². The van der Waals surface area contributed by atoms with Crippen LogP contribution in [0.5, 0.6) is 11.5 Å². The van der Waals surface area contributed by atoms with Gasteiger partial charge in [0.25, 0.3) is 0 Å². The van der Waals surface area contributed by atoms with Crippen LogP contribution in [0.1, 0.15) is 18.4 Å².